The zero-order chi connectivity index (χ0) is 32.1. The van der Waals surface area contributed by atoms with Gasteiger partial charge < -0.3 is 14.6 Å². The molecule has 1 aliphatic rings. The highest BCUT2D eigenvalue weighted by molar-refractivity contribution is 8.00. The molecular weight excluding hydrogens is 607 g/mol. The van der Waals surface area contributed by atoms with Gasteiger partial charge in [0.1, 0.15) is 5.76 Å². The fourth-order valence-electron chi connectivity index (χ4n) is 4.89. The minimum Gasteiger partial charge on any atom is -0.507 e. The van der Waals surface area contributed by atoms with E-state index in [9.17, 15) is 14.7 Å². The van der Waals surface area contributed by atoms with Gasteiger partial charge in [-0.3, -0.25) is 14.5 Å². The third-order valence-electron chi connectivity index (χ3n) is 7.39. The second-order valence-electron chi connectivity index (χ2n) is 11.3. The summed E-state index contributed by atoms with van der Waals surface area (Å²) in [4.78, 5) is 28.7. The summed E-state index contributed by atoms with van der Waals surface area (Å²) in [6.07, 6.45) is 0.880. The number of carbonyl (C=O) groups excluding carboxylic acids is 2. The van der Waals surface area contributed by atoms with Crippen LogP contribution in [0.25, 0.3) is 5.76 Å². The van der Waals surface area contributed by atoms with Crippen molar-refractivity contribution in [3.63, 3.8) is 0 Å². The van der Waals surface area contributed by atoms with Gasteiger partial charge in [0.05, 0.1) is 24.8 Å². The van der Waals surface area contributed by atoms with Gasteiger partial charge in [-0.15, -0.1) is 10.2 Å². The highest BCUT2D eigenvalue weighted by Crippen LogP contribution is 2.45. The van der Waals surface area contributed by atoms with Crippen LogP contribution in [-0.2, 0) is 15.3 Å². The van der Waals surface area contributed by atoms with Crippen LogP contribution in [-0.4, -0.2) is 40.2 Å². The fourth-order valence-corrected chi connectivity index (χ4v) is 6.71. The van der Waals surface area contributed by atoms with Gasteiger partial charge in [-0.25, -0.2) is 0 Å². The number of amides is 1. The van der Waals surface area contributed by atoms with Gasteiger partial charge in [0.25, 0.3) is 5.78 Å². The average Bonchev–Trinajstić information content (AvgIpc) is 3.59. The molecule has 10 heteroatoms. The number of aromatic nitrogens is 2. The van der Waals surface area contributed by atoms with Crippen molar-refractivity contribution in [3.05, 3.63) is 100 Å². The van der Waals surface area contributed by atoms with Gasteiger partial charge in [0.2, 0.25) is 5.13 Å². The largest absolute Gasteiger partial charge is 0.507 e. The van der Waals surface area contributed by atoms with Crippen LogP contribution in [0.1, 0.15) is 61.1 Å². The predicted molar refractivity (Wildman–Crippen MR) is 179 cm³/mol. The maximum Gasteiger partial charge on any atom is 0.301 e. The smallest absolute Gasteiger partial charge is 0.301 e. The number of Topliss-reactive ketones (excluding diaryl/α,β-unsaturated/α-hetero) is 1. The molecule has 1 aliphatic heterocycles. The molecule has 3 aromatic carbocycles. The van der Waals surface area contributed by atoms with Gasteiger partial charge in [-0.1, -0.05) is 103 Å². The monoisotopic (exact) mass is 643 g/mol. The summed E-state index contributed by atoms with van der Waals surface area (Å²) in [6.45, 7) is 11.0. The maximum absolute atomic E-state index is 13.7. The second kappa shape index (κ2) is 14.3. The molecule has 1 aromatic heterocycles. The molecular formula is C35H37N3O5S2. The number of hydrogen-bond acceptors (Lipinski definition) is 9. The number of hydrogen-bond donors (Lipinski definition) is 1. The van der Waals surface area contributed by atoms with E-state index >= 15 is 0 Å². The Morgan fingerprint density at radius 2 is 1.64 bits per heavy atom. The molecule has 0 aliphatic carbocycles. The van der Waals surface area contributed by atoms with E-state index in [1.807, 2.05) is 32.9 Å². The average molecular weight is 644 g/mol. The zero-order valence-electron chi connectivity index (χ0n) is 26.1. The van der Waals surface area contributed by atoms with Gasteiger partial charge in [-0.2, -0.15) is 0 Å². The molecule has 1 unspecified atom stereocenters. The van der Waals surface area contributed by atoms with E-state index in [4.69, 9.17) is 9.47 Å². The number of benzene rings is 3. The topological polar surface area (TPSA) is 102 Å². The Morgan fingerprint density at radius 3 is 2.31 bits per heavy atom. The van der Waals surface area contributed by atoms with Crippen molar-refractivity contribution in [1.29, 1.82) is 0 Å². The summed E-state index contributed by atoms with van der Waals surface area (Å²) in [6, 6.07) is 19.8. The summed E-state index contributed by atoms with van der Waals surface area (Å²) < 4.78 is 12.7. The normalized spacial score (nSPS) is 16.0. The minimum absolute atomic E-state index is 0.0242. The van der Waals surface area contributed by atoms with E-state index in [1.54, 1.807) is 30.3 Å². The van der Waals surface area contributed by atoms with Gasteiger partial charge >= 0.3 is 5.91 Å². The molecule has 1 saturated heterocycles. The van der Waals surface area contributed by atoms with E-state index in [0.717, 1.165) is 17.5 Å². The van der Waals surface area contributed by atoms with Crippen LogP contribution >= 0.6 is 23.1 Å². The minimum atomic E-state index is -0.960. The summed E-state index contributed by atoms with van der Waals surface area (Å²) in [5, 5.41) is 20.5. The Kier molecular flexibility index (Phi) is 10.2. The number of ether oxygens (including phenoxy) is 2. The maximum atomic E-state index is 13.7. The number of anilines is 1. The zero-order valence-corrected chi connectivity index (χ0v) is 27.7. The van der Waals surface area contributed by atoms with E-state index in [1.165, 1.54) is 33.6 Å². The van der Waals surface area contributed by atoms with Crippen LogP contribution in [0.2, 0.25) is 0 Å². The number of thioether (sulfide) groups is 1. The third-order valence-corrected chi connectivity index (χ3v) is 9.52. The molecule has 45 heavy (non-hydrogen) atoms. The molecule has 0 bridgehead atoms. The van der Waals surface area contributed by atoms with Crippen molar-refractivity contribution in [2.45, 2.75) is 57.2 Å². The first kappa shape index (κ1) is 32.2. The van der Waals surface area contributed by atoms with Crippen molar-refractivity contribution in [1.82, 2.24) is 10.2 Å². The highest BCUT2D eigenvalue weighted by Gasteiger charge is 2.48. The summed E-state index contributed by atoms with van der Waals surface area (Å²) >= 11 is 2.74. The summed E-state index contributed by atoms with van der Waals surface area (Å²) in [7, 11) is 0. The molecule has 234 valence electrons. The van der Waals surface area contributed by atoms with Gasteiger partial charge in [0, 0.05) is 11.3 Å². The molecule has 2 heterocycles. The number of ketones is 1. The lowest BCUT2D eigenvalue weighted by Crippen LogP contribution is -2.29. The molecule has 1 N–H and O–H groups in total. The number of aliphatic hydroxyl groups excluding tert-OH is 1. The Labute approximate surface area is 272 Å². The summed E-state index contributed by atoms with van der Waals surface area (Å²) in [5.74, 6) is 0.393. The molecule has 1 fully saturated rings. The first-order valence-corrected chi connectivity index (χ1v) is 16.8. The Morgan fingerprint density at radius 1 is 0.956 bits per heavy atom. The highest BCUT2D eigenvalue weighted by atomic mass is 32.2. The quantitative estimate of drug-likeness (QED) is 0.0547. The van der Waals surface area contributed by atoms with Crippen molar-refractivity contribution in [2.75, 3.05) is 18.1 Å². The SMILES string of the molecule is CCOc1cc(C2/C(=C(\O)c3ccc(C)cc3)C(=O)C(=O)N2c2nnc(SCc3ccc(C)cc3)s2)ccc1OCCC(C)C. The van der Waals surface area contributed by atoms with Crippen molar-refractivity contribution >= 4 is 45.7 Å². The van der Waals surface area contributed by atoms with E-state index < -0.39 is 17.7 Å². The van der Waals surface area contributed by atoms with Crippen LogP contribution in [0, 0.1) is 19.8 Å². The first-order chi connectivity index (χ1) is 21.7. The number of aliphatic hydroxyl groups is 1. The van der Waals surface area contributed by atoms with Crippen LogP contribution in [0.4, 0.5) is 5.13 Å². The van der Waals surface area contributed by atoms with Crippen LogP contribution in [0.15, 0.2) is 76.6 Å². The van der Waals surface area contributed by atoms with E-state index in [2.05, 4.69) is 48.3 Å². The lowest BCUT2D eigenvalue weighted by atomic mass is 9.95. The lowest BCUT2D eigenvalue weighted by Gasteiger charge is -2.24. The standard InChI is InChI=1S/C35H37N3O5S2/c1-6-42-28-19-26(15-16-27(28)43-18-17-21(2)3)30-29(31(39)25-13-9-23(5)10-14-25)32(40)33(41)38(30)34-36-37-35(45-34)44-20-24-11-7-22(4)8-12-24/h7-16,19,21,30,39H,6,17-18,20H2,1-5H3/b31-29+. The first-order valence-electron chi connectivity index (χ1n) is 15.0. The Hall–Kier alpha value is -4.15. The van der Waals surface area contributed by atoms with Gasteiger partial charge in [-0.05, 0) is 56.4 Å². The van der Waals surface area contributed by atoms with Crippen LogP contribution in [0.3, 0.4) is 0 Å². The number of rotatable bonds is 12. The molecule has 4 aromatic rings. The Balaban J connectivity index is 1.55. The van der Waals surface area contributed by atoms with E-state index in [0.29, 0.717) is 51.9 Å². The molecule has 5 rings (SSSR count). The predicted octanol–water partition coefficient (Wildman–Crippen LogP) is 7.90. The molecule has 0 spiro atoms. The second-order valence-corrected chi connectivity index (χ2v) is 13.5. The summed E-state index contributed by atoms with van der Waals surface area (Å²) in [5.41, 5.74) is 4.32. The third kappa shape index (κ3) is 7.40. The fraction of sp³-hybridized carbons (Fsp3) is 0.314. The number of aryl methyl sites for hydroxylation is 2. The molecule has 0 radical (unpaired) electrons. The van der Waals surface area contributed by atoms with Crippen molar-refractivity contribution < 1.29 is 24.2 Å². The van der Waals surface area contributed by atoms with Crippen molar-refractivity contribution in [2.24, 2.45) is 5.92 Å². The van der Waals surface area contributed by atoms with Crippen LogP contribution in [0.5, 0.6) is 11.5 Å². The molecule has 1 amide bonds. The lowest BCUT2D eigenvalue weighted by molar-refractivity contribution is -0.132. The molecule has 8 nitrogen and oxygen atoms in total. The van der Waals surface area contributed by atoms with Crippen molar-refractivity contribution in [3.8, 4) is 11.5 Å². The molecule has 1 atom stereocenters. The van der Waals surface area contributed by atoms with Gasteiger partial charge in [0.15, 0.2) is 15.8 Å². The number of nitrogens with zero attached hydrogens (tertiary/aromatic N) is 3. The van der Waals surface area contributed by atoms with Crippen LogP contribution < -0.4 is 14.4 Å². The Bertz CT molecular complexity index is 1700. The van der Waals surface area contributed by atoms with E-state index in [-0.39, 0.29) is 16.5 Å². The molecule has 0 saturated carbocycles. The number of carbonyl (C=O) groups is 2.